The minimum Gasteiger partial charge on any atom is -0.497 e. The number of anilines is 1. The lowest BCUT2D eigenvalue weighted by Gasteiger charge is -2.27. The highest BCUT2D eigenvalue weighted by molar-refractivity contribution is 7.92. The molecular formula is C27H28N2O5S. The van der Waals surface area contributed by atoms with Gasteiger partial charge in [-0.25, -0.2) is 8.42 Å². The molecule has 1 amide bonds. The summed E-state index contributed by atoms with van der Waals surface area (Å²) in [5.41, 5.74) is 2.99. The summed E-state index contributed by atoms with van der Waals surface area (Å²) >= 11 is 0. The largest absolute Gasteiger partial charge is 0.497 e. The van der Waals surface area contributed by atoms with Crippen molar-refractivity contribution in [2.45, 2.75) is 30.2 Å². The number of sulfonamides is 1. The summed E-state index contributed by atoms with van der Waals surface area (Å²) in [6.45, 7) is 0.987. The number of carbonyl (C=O) groups is 1. The van der Waals surface area contributed by atoms with Gasteiger partial charge >= 0.3 is 0 Å². The van der Waals surface area contributed by atoms with E-state index in [1.165, 1.54) is 10.4 Å². The van der Waals surface area contributed by atoms with Crippen LogP contribution in [-0.4, -0.2) is 46.5 Å². The molecule has 3 aromatic carbocycles. The second kappa shape index (κ2) is 9.26. The van der Waals surface area contributed by atoms with Crippen LogP contribution in [0.2, 0.25) is 0 Å². The highest BCUT2D eigenvalue weighted by Crippen LogP contribution is 2.40. The Balaban J connectivity index is 1.44. The molecule has 0 saturated carbocycles. The van der Waals surface area contributed by atoms with Crippen molar-refractivity contribution in [3.8, 4) is 11.5 Å². The molecule has 0 aliphatic carbocycles. The second-order valence-corrected chi connectivity index (χ2v) is 10.6. The van der Waals surface area contributed by atoms with Crippen molar-refractivity contribution in [2.24, 2.45) is 0 Å². The van der Waals surface area contributed by atoms with E-state index in [0.717, 1.165) is 24.0 Å². The molecule has 2 aliphatic heterocycles. The summed E-state index contributed by atoms with van der Waals surface area (Å²) in [6, 6.07) is 19.4. The van der Waals surface area contributed by atoms with E-state index in [0.29, 0.717) is 42.3 Å². The highest BCUT2D eigenvalue weighted by Gasteiger charge is 2.34. The number of likely N-dealkylation sites (tertiary alicyclic amines) is 1. The zero-order chi connectivity index (χ0) is 24.6. The van der Waals surface area contributed by atoms with Gasteiger partial charge in [0.1, 0.15) is 11.5 Å². The molecule has 2 aliphatic rings. The topological polar surface area (TPSA) is 76.2 Å². The van der Waals surface area contributed by atoms with Gasteiger partial charge in [-0.2, -0.15) is 0 Å². The first-order valence-corrected chi connectivity index (χ1v) is 13.1. The summed E-state index contributed by atoms with van der Waals surface area (Å²) in [6.07, 6.45) is 2.33. The average molecular weight is 493 g/mol. The highest BCUT2D eigenvalue weighted by atomic mass is 32.2. The normalized spacial score (nSPS) is 17.4. The van der Waals surface area contributed by atoms with Crippen molar-refractivity contribution in [2.75, 3.05) is 31.6 Å². The number of rotatable bonds is 6. The molecule has 0 aromatic heterocycles. The molecule has 1 atom stereocenters. The first kappa shape index (κ1) is 23.2. The number of ether oxygens (including phenoxy) is 2. The SMILES string of the molecule is COc1ccc([C@H]2CCCN2C(=O)c2cccc(S(=O)(=O)N3CCc4ccccc43)c2)c(OC)c1. The molecule has 1 saturated heterocycles. The molecule has 8 heteroatoms. The number of para-hydroxylation sites is 1. The van der Waals surface area contributed by atoms with E-state index in [1.807, 2.05) is 42.5 Å². The van der Waals surface area contributed by atoms with Crippen LogP contribution in [0.3, 0.4) is 0 Å². The van der Waals surface area contributed by atoms with Crippen molar-refractivity contribution >= 4 is 21.6 Å². The Morgan fingerprint density at radius 3 is 2.57 bits per heavy atom. The monoisotopic (exact) mass is 492 g/mol. The van der Waals surface area contributed by atoms with E-state index in [9.17, 15) is 13.2 Å². The number of carbonyl (C=O) groups excluding carboxylic acids is 1. The first-order valence-electron chi connectivity index (χ1n) is 11.7. The summed E-state index contributed by atoms with van der Waals surface area (Å²) in [5.74, 6) is 1.16. The van der Waals surface area contributed by atoms with Gasteiger partial charge in [0.2, 0.25) is 0 Å². The number of methoxy groups -OCH3 is 2. The maximum Gasteiger partial charge on any atom is 0.264 e. The number of nitrogens with zero attached hydrogens (tertiary/aromatic N) is 2. The fourth-order valence-corrected chi connectivity index (χ4v) is 6.62. The molecule has 182 valence electrons. The predicted molar refractivity (Wildman–Crippen MR) is 134 cm³/mol. The summed E-state index contributed by atoms with van der Waals surface area (Å²) in [4.78, 5) is 15.5. The van der Waals surface area contributed by atoms with Gasteiger partial charge < -0.3 is 14.4 Å². The minimum absolute atomic E-state index is 0.123. The van der Waals surface area contributed by atoms with Gasteiger partial charge in [0.05, 0.1) is 30.8 Å². The Labute approximate surface area is 205 Å². The van der Waals surface area contributed by atoms with E-state index in [1.54, 1.807) is 37.3 Å². The molecule has 0 unspecified atom stereocenters. The van der Waals surface area contributed by atoms with Crippen LogP contribution in [0.5, 0.6) is 11.5 Å². The van der Waals surface area contributed by atoms with Crippen molar-refractivity contribution in [1.82, 2.24) is 4.90 Å². The third-order valence-electron chi connectivity index (χ3n) is 6.83. The van der Waals surface area contributed by atoms with Gasteiger partial charge in [-0.1, -0.05) is 24.3 Å². The number of hydrogen-bond donors (Lipinski definition) is 0. The molecule has 0 bridgehead atoms. The van der Waals surface area contributed by atoms with Crippen molar-refractivity contribution in [3.05, 3.63) is 83.4 Å². The molecule has 0 N–H and O–H groups in total. The molecule has 2 heterocycles. The quantitative estimate of drug-likeness (QED) is 0.509. The van der Waals surface area contributed by atoms with Crippen molar-refractivity contribution in [1.29, 1.82) is 0 Å². The Morgan fingerprint density at radius 1 is 0.943 bits per heavy atom. The standard InChI is InChI=1S/C27H28N2O5S/c1-33-21-12-13-23(26(18-21)34-2)25-11-6-15-28(25)27(30)20-8-5-9-22(17-20)35(31,32)29-16-14-19-7-3-4-10-24(19)29/h3-5,7-10,12-13,17-18,25H,6,11,14-16H2,1-2H3/t25-/m1/s1. The van der Waals surface area contributed by atoms with Crippen LogP contribution in [0.1, 0.15) is 40.4 Å². The molecule has 0 radical (unpaired) electrons. The van der Waals surface area contributed by atoms with Gasteiger partial charge in [0.25, 0.3) is 15.9 Å². The minimum atomic E-state index is -3.79. The third-order valence-corrected chi connectivity index (χ3v) is 8.64. The molecule has 3 aromatic rings. The zero-order valence-electron chi connectivity index (χ0n) is 19.8. The van der Waals surface area contributed by atoms with Crippen LogP contribution in [0.15, 0.2) is 71.6 Å². The summed E-state index contributed by atoms with van der Waals surface area (Å²) in [5, 5.41) is 0. The average Bonchev–Trinajstić information content (AvgIpc) is 3.56. The fourth-order valence-electron chi connectivity index (χ4n) is 5.07. The van der Waals surface area contributed by atoms with Crippen LogP contribution in [0.4, 0.5) is 5.69 Å². The van der Waals surface area contributed by atoms with Gasteiger partial charge in [0, 0.05) is 30.3 Å². The van der Waals surface area contributed by atoms with E-state index in [4.69, 9.17) is 9.47 Å². The Kier molecular flexibility index (Phi) is 6.15. The number of amides is 1. The number of fused-ring (bicyclic) bond motifs is 1. The van der Waals surface area contributed by atoms with Gasteiger partial charge in [-0.05, 0) is 61.2 Å². The fraction of sp³-hybridized carbons (Fsp3) is 0.296. The maximum absolute atomic E-state index is 13.6. The lowest BCUT2D eigenvalue weighted by molar-refractivity contribution is 0.0734. The molecule has 7 nitrogen and oxygen atoms in total. The van der Waals surface area contributed by atoms with Crippen LogP contribution in [0, 0.1) is 0 Å². The van der Waals surface area contributed by atoms with Crippen LogP contribution in [0.25, 0.3) is 0 Å². The second-order valence-electron chi connectivity index (χ2n) is 8.75. The molecular weight excluding hydrogens is 464 g/mol. The first-order chi connectivity index (χ1) is 16.9. The van der Waals surface area contributed by atoms with Crippen LogP contribution in [-0.2, 0) is 16.4 Å². The van der Waals surface area contributed by atoms with Gasteiger partial charge in [-0.15, -0.1) is 0 Å². The van der Waals surface area contributed by atoms with E-state index in [-0.39, 0.29) is 16.8 Å². The Hall–Kier alpha value is -3.52. The maximum atomic E-state index is 13.6. The number of hydrogen-bond acceptors (Lipinski definition) is 5. The molecule has 5 rings (SSSR count). The van der Waals surface area contributed by atoms with Crippen LogP contribution >= 0.6 is 0 Å². The lowest BCUT2D eigenvalue weighted by Crippen LogP contribution is -2.32. The van der Waals surface area contributed by atoms with Gasteiger partial charge in [-0.3, -0.25) is 9.10 Å². The summed E-state index contributed by atoms with van der Waals surface area (Å²) in [7, 11) is -0.587. The van der Waals surface area contributed by atoms with E-state index < -0.39 is 10.0 Å². The predicted octanol–water partition coefficient (Wildman–Crippen LogP) is 4.43. The van der Waals surface area contributed by atoms with E-state index >= 15 is 0 Å². The van der Waals surface area contributed by atoms with Crippen LogP contribution < -0.4 is 13.8 Å². The zero-order valence-corrected chi connectivity index (χ0v) is 20.6. The van der Waals surface area contributed by atoms with Crippen molar-refractivity contribution < 1.29 is 22.7 Å². The lowest BCUT2D eigenvalue weighted by atomic mass is 10.0. The van der Waals surface area contributed by atoms with Crippen molar-refractivity contribution in [3.63, 3.8) is 0 Å². The summed E-state index contributed by atoms with van der Waals surface area (Å²) < 4.78 is 39.3. The molecule has 1 fully saturated rings. The third kappa shape index (κ3) is 4.12. The van der Waals surface area contributed by atoms with Gasteiger partial charge in [0.15, 0.2) is 0 Å². The number of benzene rings is 3. The molecule has 35 heavy (non-hydrogen) atoms. The molecule has 0 spiro atoms. The Morgan fingerprint density at radius 2 is 1.77 bits per heavy atom. The Bertz CT molecular complexity index is 1370. The van der Waals surface area contributed by atoms with E-state index in [2.05, 4.69) is 0 Å². The smallest absolute Gasteiger partial charge is 0.264 e.